The summed E-state index contributed by atoms with van der Waals surface area (Å²) < 4.78 is 4.59. The molecular formula is C16H29N3O3. The molecule has 2 heterocycles. The van der Waals surface area contributed by atoms with Crippen molar-refractivity contribution in [2.24, 2.45) is 0 Å². The van der Waals surface area contributed by atoms with Gasteiger partial charge in [-0.2, -0.15) is 0 Å². The largest absolute Gasteiger partial charge is 0.469 e. The minimum atomic E-state index is -0.185. The Labute approximate surface area is 133 Å². The van der Waals surface area contributed by atoms with Gasteiger partial charge in [0.05, 0.1) is 7.11 Å². The number of rotatable bonds is 6. The van der Waals surface area contributed by atoms with Crippen LogP contribution in [0.5, 0.6) is 0 Å². The average molecular weight is 311 g/mol. The Hall–Kier alpha value is -1.30. The molecule has 6 heteroatoms. The molecule has 2 fully saturated rings. The fraction of sp³-hybridized carbons (Fsp3) is 0.875. The van der Waals surface area contributed by atoms with E-state index in [1.807, 2.05) is 4.90 Å². The van der Waals surface area contributed by atoms with Crippen LogP contribution in [0.4, 0.5) is 4.79 Å². The van der Waals surface area contributed by atoms with E-state index in [9.17, 15) is 9.59 Å². The number of piperidine rings is 1. The monoisotopic (exact) mass is 311 g/mol. The van der Waals surface area contributed by atoms with Crippen LogP contribution in [0.25, 0.3) is 0 Å². The van der Waals surface area contributed by atoms with Crippen LogP contribution < -0.4 is 5.32 Å². The third-order valence-electron chi connectivity index (χ3n) is 4.72. The molecule has 0 aromatic rings. The number of nitrogens with zero attached hydrogens (tertiary/aromatic N) is 2. The number of amides is 2. The van der Waals surface area contributed by atoms with Crippen LogP contribution in [0.3, 0.4) is 0 Å². The highest BCUT2D eigenvalue weighted by molar-refractivity contribution is 5.74. The minimum absolute atomic E-state index is 0.0398. The van der Waals surface area contributed by atoms with Crippen LogP contribution >= 0.6 is 0 Å². The molecule has 6 nitrogen and oxygen atoms in total. The molecule has 0 spiro atoms. The summed E-state index contributed by atoms with van der Waals surface area (Å²) in [7, 11) is 1.40. The first-order chi connectivity index (χ1) is 10.7. The maximum atomic E-state index is 12.1. The number of methoxy groups -OCH3 is 1. The standard InChI is InChI=1S/C16H29N3O3/c1-22-15(20)6-2-3-9-17-16(21)19-12-7-14(8-13-19)18-10-4-5-11-18/h14H,2-13H2,1H3,(H,17,21). The number of likely N-dealkylation sites (tertiary alicyclic amines) is 2. The number of carbonyl (C=O) groups is 2. The second-order valence-electron chi connectivity index (χ2n) is 6.23. The van der Waals surface area contributed by atoms with Gasteiger partial charge in [-0.1, -0.05) is 0 Å². The number of ether oxygens (including phenoxy) is 1. The van der Waals surface area contributed by atoms with Gasteiger partial charge in [0, 0.05) is 32.1 Å². The summed E-state index contributed by atoms with van der Waals surface area (Å²) in [4.78, 5) is 27.6. The van der Waals surface area contributed by atoms with E-state index < -0.39 is 0 Å². The molecule has 0 radical (unpaired) electrons. The van der Waals surface area contributed by atoms with Crippen molar-refractivity contribution in [1.82, 2.24) is 15.1 Å². The molecule has 1 N–H and O–H groups in total. The number of esters is 1. The van der Waals surface area contributed by atoms with Gasteiger partial charge in [0.1, 0.15) is 0 Å². The quantitative estimate of drug-likeness (QED) is 0.598. The Morgan fingerprint density at radius 1 is 1.09 bits per heavy atom. The first kappa shape index (κ1) is 17.1. The second-order valence-corrected chi connectivity index (χ2v) is 6.23. The molecular weight excluding hydrogens is 282 g/mol. The van der Waals surface area contributed by atoms with Crippen molar-refractivity contribution < 1.29 is 14.3 Å². The van der Waals surface area contributed by atoms with Gasteiger partial charge in [-0.05, 0) is 51.6 Å². The number of hydrogen-bond donors (Lipinski definition) is 1. The van der Waals surface area contributed by atoms with Crippen molar-refractivity contribution in [3.63, 3.8) is 0 Å². The van der Waals surface area contributed by atoms with Crippen LogP contribution in [-0.4, -0.2) is 67.7 Å². The highest BCUT2D eigenvalue weighted by atomic mass is 16.5. The molecule has 22 heavy (non-hydrogen) atoms. The van der Waals surface area contributed by atoms with Gasteiger partial charge in [-0.3, -0.25) is 4.79 Å². The normalized spacial score (nSPS) is 20.1. The lowest BCUT2D eigenvalue weighted by Gasteiger charge is -2.36. The highest BCUT2D eigenvalue weighted by Crippen LogP contribution is 2.20. The van der Waals surface area contributed by atoms with E-state index in [0.717, 1.165) is 38.8 Å². The summed E-state index contributed by atoms with van der Waals surface area (Å²) in [5, 5.41) is 2.95. The molecule has 0 bridgehead atoms. The molecule has 126 valence electrons. The number of urea groups is 1. The summed E-state index contributed by atoms with van der Waals surface area (Å²) in [6, 6.07) is 0.713. The van der Waals surface area contributed by atoms with Crippen molar-refractivity contribution in [2.45, 2.75) is 51.0 Å². The SMILES string of the molecule is COC(=O)CCCCNC(=O)N1CCC(N2CCCC2)CC1. The van der Waals surface area contributed by atoms with E-state index in [0.29, 0.717) is 19.0 Å². The van der Waals surface area contributed by atoms with E-state index in [-0.39, 0.29) is 12.0 Å². The topological polar surface area (TPSA) is 61.9 Å². The molecule has 2 amide bonds. The van der Waals surface area contributed by atoms with E-state index in [1.165, 1.54) is 33.0 Å². The van der Waals surface area contributed by atoms with Gasteiger partial charge in [0.15, 0.2) is 0 Å². The lowest BCUT2D eigenvalue weighted by Crippen LogP contribution is -2.49. The fourth-order valence-corrected chi connectivity index (χ4v) is 3.34. The molecule has 0 aliphatic carbocycles. The number of unbranched alkanes of at least 4 members (excludes halogenated alkanes) is 1. The number of carbonyl (C=O) groups excluding carboxylic acids is 2. The molecule has 2 saturated heterocycles. The molecule has 0 unspecified atom stereocenters. The Kier molecular flexibility index (Phi) is 6.96. The third-order valence-corrected chi connectivity index (χ3v) is 4.72. The number of hydrogen-bond acceptors (Lipinski definition) is 4. The van der Waals surface area contributed by atoms with E-state index in [2.05, 4.69) is 15.0 Å². The smallest absolute Gasteiger partial charge is 0.317 e. The second kappa shape index (κ2) is 8.98. The Morgan fingerprint density at radius 2 is 1.77 bits per heavy atom. The summed E-state index contributed by atoms with van der Waals surface area (Å²) in [6.07, 6.45) is 6.83. The van der Waals surface area contributed by atoms with Gasteiger partial charge in [-0.15, -0.1) is 0 Å². The van der Waals surface area contributed by atoms with E-state index in [1.54, 1.807) is 0 Å². The lowest BCUT2D eigenvalue weighted by atomic mass is 10.0. The zero-order valence-corrected chi connectivity index (χ0v) is 13.7. The Morgan fingerprint density at radius 3 is 2.41 bits per heavy atom. The molecule has 0 atom stereocenters. The van der Waals surface area contributed by atoms with Crippen molar-refractivity contribution in [2.75, 3.05) is 39.8 Å². The lowest BCUT2D eigenvalue weighted by molar-refractivity contribution is -0.140. The number of nitrogens with one attached hydrogen (secondary N) is 1. The molecule has 0 saturated carbocycles. The van der Waals surface area contributed by atoms with Crippen molar-refractivity contribution in [3.05, 3.63) is 0 Å². The molecule has 2 aliphatic heterocycles. The predicted octanol–water partition coefficient (Wildman–Crippen LogP) is 1.60. The van der Waals surface area contributed by atoms with Crippen LogP contribution in [0, 0.1) is 0 Å². The van der Waals surface area contributed by atoms with Crippen LogP contribution in [0.1, 0.15) is 44.9 Å². The van der Waals surface area contributed by atoms with Gasteiger partial charge >= 0.3 is 12.0 Å². The third kappa shape index (κ3) is 5.16. The Bertz CT molecular complexity index is 362. The highest BCUT2D eigenvalue weighted by Gasteiger charge is 2.27. The van der Waals surface area contributed by atoms with Crippen LogP contribution in [0.15, 0.2) is 0 Å². The van der Waals surface area contributed by atoms with Gasteiger partial charge in [-0.25, -0.2) is 4.79 Å². The van der Waals surface area contributed by atoms with Gasteiger partial charge in [0.25, 0.3) is 0 Å². The maximum absolute atomic E-state index is 12.1. The molecule has 0 aromatic carbocycles. The van der Waals surface area contributed by atoms with Gasteiger partial charge in [0.2, 0.25) is 0 Å². The minimum Gasteiger partial charge on any atom is -0.469 e. The summed E-state index contributed by atoms with van der Waals surface area (Å²) in [6.45, 7) is 4.81. The zero-order valence-electron chi connectivity index (χ0n) is 13.7. The molecule has 2 aliphatic rings. The zero-order chi connectivity index (χ0) is 15.8. The predicted molar refractivity (Wildman–Crippen MR) is 84.7 cm³/mol. The Balaban J connectivity index is 1.56. The molecule has 0 aromatic heterocycles. The van der Waals surface area contributed by atoms with Crippen molar-refractivity contribution in [3.8, 4) is 0 Å². The van der Waals surface area contributed by atoms with Crippen molar-refractivity contribution >= 4 is 12.0 Å². The van der Waals surface area contributed by atoms with E-state index >= 15 is 0 Å². The average Bonchev–Trinajstić information content (AvgIpc) is 3.08. The van der Waals surface area contributed by atoms with E-state index in [4.69, 9.17) is 0 Å². The first-order valence-corrected chi connectivity index (χ1v) is 8.54. The van der Waals surface area contributed by atoms with Crippen LogP contribution in [0.2, 0.25) is 0 Å². The first-order valence-electron chi connectivity index (χ1n) is 8.54. The summed E-state index contributed by atoms with van der Waals surface area (Å²) in [5.41, 5.74) is 0. The van der Waals surface area contributed by atoms with Gasteiger partial charge < -0.3 is 19.9 Å². The molecule has 2 rings (SSSR count). The van der Waals surface area contributed by atoms with Crippen LogP contribution in [-0.2, 0) is 9.53 Å². The fourth-order valence-electron chi connectivity index (χ4n) is 3.34. The summed E-state index contributed by atoms with van der Waals surface area (Å²) in [5.74, 6) is -0.185. The maximum Gasteiger partial charge on any atom is 0.317 e. The van der Waals surface area contributed by atoms with Crippen molar-refractivity contribution in [1.29, 1.82) is 0 Å². The summed E-state index contributed by atoms with van der Waals surface area (Å²) >= 11 is 0.